The van der Waals surface area contributed by atoms with Crippen molar-refractivity contribution in [3.8, 4) is 0 Å². The minimum atomic E-state index is -0.794. The molecule has 1 aliphatic carbocycles. The Hall–Kier alpha value is -1.51. The van der Waals surface area contributed by atoms with Gasteiger partial charge in [0.2, 0.25) is 0 Å². The SMILES string of the molecule is CC(=O)C1(C(=O)c2ccc(F)cc2)CC1. The smallest absolute Gasteiger partial charge is 0.176 e. The molecule has 2 nitrogen and oxygen atoms in total. The van der Waals surface area contributed by atoms with E-state index in [9.17, 15) is 14.0 Å². The van der Waals surface area contributed by atoms with Gasteiger partial charge in [-0.3, -0.25) is 9.59 Å². The minimum absolute atomic E-state index is 0.0863. The van der Waals surface area contributed by atoms with Crippen molar-refractivity contribution in [1.29, 1.82) is 0 Å². The lowest BCUT2D eigenvalue weighted by Crippen LogP contribution is -2.23. The molecular weight excluding hydrogens is 195 g/mol. The molecule has 1 fully saturated rings. The monoisotopic (exact) mass is 206 g/mol. The van der Waals surface area contributed by atoms with Gasteiger partial charge in [-0.15, -0.1) is 0 Å². The van der Waals surface area contributed by atoms with E-state index in [4.69, 9.17) is 0 Å². The maximum Gasteiger partial charge on any atom is 0.176 e. The molecule has 0 aliphatic heterocycles. The molecule has 0 bridgehead atoms. The lowest BCUT2D eigenvalue weighted by Gasteiger charge is -2.09. The zero-order chi connectivity index (χ0) is 11.1. The first-order chi connectivity index (χ1) is 7.06. The molecule has 1 aliphatic rings. The second-order valence-corrected chi connectivity index (χ2v) is 3.97. The summed E-state index contributed by atoms with van der Waals surface area (Å²) in [6.45, 7) is 1.44. The average Bonchev–Trinajstić information content (AvgIpc) is 2.98. The predicted octanol–water partition coefficient (Wildman–Crippen LogP) is 2.38. The Labute approximate surface area is 87.1 Å². The molecule has 0 unspecified atom stereocenters. The van der Waals surface area contributed by atoms with Gasteiger partial charge in [-0.05, 0) is 44.0 Å². The van der Waals surface area contributed by atoms with Crippen LogP contribution in [0.5, 0.6) is 0 Å². The van der Waals surface area contributed by atoms with Crippen LogP contribution in [0.15, 0.2) is 24.3 Å². The zero-order valence-electron chi connectivity index (χ0n) is 8.42. The van der Waals surface area contributed by atoms with Crippen molar-refractivity contribution in [3.05, 3.63) is 35.6 Å². The lowest BCUT2D eigenvalue weighted by atomic mass is 9.91. The van der Waals surface area contributed by atoms with Crippen LogP contribution in [0.1, 0.15) is 30.1 Å². The Balaban J connectivity index is 2.29. The number of rotatable bonds is 3. The standard InChI is InChI=1S/C12H11FO2/c1-8(14)12(6-7-12)11(15)9-2-4-10(13)5-3-9/h2-5H,6-7H2,1H3. The van der Waals surface area contributed by atoms with Crippen LogP contribution >= 0.6 is 0 Å². The van der Waals surface area contributed by atoms with Gasteiger partial charge in [0.25, 0.3) is 0 Å². The van der Waals surface area contributed by atoms with Crippen LogP contribution in [0.4, 0.5) is 4.39 Å². The van der Waals surface area contributed by atoms with Crippen LogP contribution in [0, 0.1) is 11.2 Å². The van der Waals surface area contributed by atoms with Crippen molar-refractivity contribution in [2.45, 2.75) is 19.8 Å². The van der Waals surface area contributed by atoms with Crippen LogP contribution in [0.3, 0.4) is 0 Å². The molecule has 0 aromatic heterocycles. The van der Waals surface area contributed by atoms with E-state index in [1.807, 2.05) is 0 Å². The van der Waals surface area contributed by atoms with E-state index in [1.54, 1.807) is 0 Å². The summed E-state index contributed by atoms with van der Waals surface area (Å²) in [5.74, 6) is -0.633. The summed E-state index contributed by atoms with van der Waals surface area (Å²) in [4.78, 5) is 23.3. The van der Waals surface area contributed by atoms with Gasteiger partial charge in [0, 0.05) is 5.56 Å². The van der Waals surface area contributed by atoms with E-state index >= 15 is 0 Å². The fourth-order valence-electron chi connectivity index (χ4n) is 1.74. The summed E-state index contributed by atoms with van der Waals surface area (Å²) >= 11 is 0. The maximum atomic E-state index is 12.6. The Morgan fingerprint density at radius 1 is 1.20 bits per heavy atom. The normalized spacial score (nSPS) is 17.2. The molecule has 0 atom stereocenters. The first-order valence-electron chi connectivity index (χ1n) is 4.88. The summed E-state index contributed by atoms with van der Waals surface area (Å²) in [7, 11) is 0. The van der Waals surface area contributed by atoms with E-state index in [0.29, 0.717) is 18.4 Å². The van der Waals surface area contributed by atoms with E-state index in [2.05, 4.69) is 0 Å². The van der Waals surface area contributed by atoms with E-state index in [0.717, 1.165) is 0 Å². The van der Waals surface area contributed by atoms with Crippen molar-refractivity contribution >= 4 is 11.6 Å². The van der Waals surface area contributed by atoms with Gasteiger partial charge in [0.1, 0.15) is 11.6 Å². The molecule has 1 aromatic carbocycles. The molecule has 0 amide bonds. The lowest BCUT2D eigenvalue weighted by molar-refractivity contribution is -0.120. The number of carbonyl (C=O) groups excluding carboxylic acids is 2. The van der Waals surface area contributed by atoms with Crippen LogP contribution in [-0.4, -0.2) is 11.6 Å². The fourth-order valence-corrected chi connectivity index (χ4v) is 1.74. The minimum Gasteiger partial charge on any atom is -0.299 e. The zero-order valence-corrected chi connectivity index (χ0v) is 8.42. The van der Waals surface area contributed by atoms with E-state index in [1.165, 1.54) is 31.2 Å². The van der Waals surface area contributed by atoms with Crippen LogP contribution in [0.2, 0.25) is 0 Å². The second-order valence-electron chi connectivity index (χ2n) is 3.97. The summed E-state index contributed by atoms with van der Waals surface area (Å²) in [5.41, 5.74) is -0.373. The van der Waals surface area contributed by atoms with Crippen molar-refractivity contribution in [2.75, 3.05) is 0 Å². The Morgan fingerprint density at radius 3 is 2.13 bits per heavy atom. The largest absolute Gasteiger partial charge is 0.299 e. The number of carbonyl (C=O) groups is 2. The summed E-state index contributed by atoms with van der Waals surface area (Å²) in [5, 5.41) is 0. The number of hydrogen-bond donors (Lipinski definition) is 0. The third kappa shape index (κ3) is 1.58. The quantitative estimate of drug-likeness (QED) is 0.562. The molecule has 15 heavy (non-hydrogen) atoms. The van der Waals surface area contributed by atoms with Gasteiger partial charge >= 0.3 is 0 Å². The highest BCUT2D eigenvalue weighted by Crippen LogP contribution is 2.48. The molecule has 0 heterocycles. The highest BCUT2D eigenvalue weighted by Gasteiger charge is 2.53. The number of benzene rings is 1. The molecule has 2 rings (SSSR count). The fraction of sp³-hybridized carbons (Fsp3) is 0.333. The molecule has 0 saturated heterocycles. The van der Waals surface area contributed by atoms with Gasteiger partial charge in [-0.1, -0.05) is 0 Å². The molecule has 0 radical (unpaired) electrons. The average molecular weight is 206 g/mol. The molecule has 0 spiro atoms. The number of Topliss-reactive ketones (excluding diaryl/α,β-unsaturated/α-hetero) is 2. The topological polar surface area (TPSA) is 34.1 Å². The summed E-state index contributed by atoms with van der Waals surface area (Å²) in [6, 6.07) is 5.34. The van der Waals surface area contributed by atoms with Crippen molar-refractivity contribution in [1.82, 2.24) is 0 Å². The maximum absolute atomic E-state index is 12.6. The third-order valence-corrected chi connectivity index (χ3v) is 2.96. The number of ketones is 2. The van der Waals surface area contributed by atoms with Gasteiger partial charge < -0.3 is 0 Å². The Morgan fingerprint density at radius 2 is 1.73 bits per heavy atom. The highest BCUT2D eigenvalue weighted by molar-refractivity contribution is 6.16. The van der Waals surface area contributed by atoms with E-state index < -0.39 is 5.41 Å². The first-order valence-corrected chi connectivity index (χ1v) is 4.88. The van der Waals surface area contributed by atoms with Crippen molar-refractivity contribution in [2.24, 2.45) is 5.41 Å². The molecule has 1 saturated carbocycles. The van der Waals surface area contributed by atoms with Crippen molar-refractivity contribution in [3.63, 3.8) is 0 Å². The Bertz CT molecular complexity index is 416. The molecule has 0 N–H and O–H groups in total. The van der Waals surface area contributed by atoms with Gasteiger partial charge in [0.05, 0.1) is 5.41 Å². The van der Waals surface area contributed by atoms with Crippen molar-refractivity contribution < 1.29 is 14.0 Å². The number of halogens is 1. The Kier molecular flexibility index (Phi) is 2.18. The second kappa shape index (κ2) is 3.26. The van der Waals surface area contributed by atoms with Gasteiger partial charge in [-0.25, -0.2) is 4.39 Å². The third-order valence-electron chi connectivity index (χ3n) is 2.96. The predicted molar refractivity (Wildman–Crippen MR) is 53.1 cm³/mol. The van der Waals surface area contributed by atoms with Crippen LogP contribution in [-0.2, 0) is 4.79 Å². The van der Waals surface area contributed by atoms with Crippen LogP contribution < -0.4 is 0 Å². The molecule has 78 valence electrons. The summed E-state index contributed by atoms with van der Waals surface area (Å²) in [6.07, 6.45) is 1.25. The highest BCUT2D eigenvalue weighted by atomic mass is 19.1. The molecular formula is C12H11FO2. The number of hydrogen-bond acceptors (Lipinski definition) is 2. The summed E-state index contributed by atoms with van der Waals surface area (Å²) < 4.78 is 12.6. The van der Waals surface area contributed by atoms with Gasteiger partial charge in [-0.2, -0.15) is 0 Å². The first kappa shape index (κ1) is 10.0. The van der Waals surface area contributed by atoms with Crippen LogP contribution in [0.25, 0.3) is 0 Å². The molecule has 1 aromatic rings. The van der Waals surface area contributed by atoms with Gasteiger partial charge in [0.15, 0.2) is 5.78 Å². The molecule has 3 heteroatoms. The van der Waals surface area contributed by atoms with E-state index in [-0.39, 0.29) is 17.4 Å².